The van der Waals surface area contributed by atoms with Crippen molar-refractivity contribution < 1.29 is 18.0 Å². The molecule has 0 aliphatic carbocycles. The van der Waals surface area contributed by atoms with Gasteiger partial charge in [0.2, 0.25) is 21.8 Å². The van der Waals surface area contributed by atoms with Crippen molar-refractivity contribution >= 4 is 44.8 Å². The van der Waals surface area contributed by atoms with Crippen LogP contribution in [0.1, 0.15) is 37.8 Å². The Morgan fingerprint density at radius 2 is 1.82 bits per heavy atom. The number of nitrogens with one attached hydrogen (secondary N) is 1. The van der Waals surface area contributed by atoms with E-state index in [0.29, 0.717) is 30.0 Å². The van der Waals surface area contributed by atoms with Gasteiger partial charge in [0.25, 0.3) is 0 Å². The van der Waals surface area contributed by atoms with E-state index in [4.69, 9.17) is 11.6 Å². The first-order valence-corrected chi connectivity index (χ1v) is 12.9. The minimum atomic E-state index is -3.68. The minimum absolute atomic E-state index is 0.00726. The Balaban J connectivity index is 1.43. The third-order valence-electron chi connectivity index (χ3n) is 6.59. The number of benzene rings is 2. The first kappa shape index (κ1) is 23.7. The average molecular weight is 490 g/mol. The molecule has 2 heterocycles. The molecule has 176 valence electrons. The van der Waals surface area contributed by atoms with Crippen LogP contribution >= 0.6 is 11.6 Å². The molecule has 2 aromatic carbocycles. The lowest BCUT2D eigenvalue weighted by Gasteiger charge is -2.30. The topological polar surface area (TPSA) is 86.8 Å². The van der Waals surface area contributed by atoms with Gasteiger partial charge in [-0.3, -0.25) is 9.59 Å². The molecule has 2 aliphatic rings. The Kier molecular flexibility index (Phi) is 6.53. The second-order valence-corrected chi connectivity index (χ2v) is 11.2. The van der Waals surface area contributed by atoms with Gasteiger partial charge in [0.05, 0.1) is 4.90 Å². The quantitative estimate of drug-likeness (QED) is 0.703. The van der Waals surface area contributed by atoms with Crippen LogP contribution in [0.2, 0.25) is 5.02 Å². The van der Waals surface area contributed by atoms with Crippen LogP contribution in [0.25, 0.3) is 0 Å². The summed E-state index contributed by atoms with van der Waals surface area (Å²) in [6.45, 7) is 5.88. The third-order valence-corrected chi connectivity index (χ3v) is 8.90. The number of piperidine rings is 1. The molecular formula is C24H28ClN3O4S. The number of carbonyl (C=O) groups excluding carboxylic acids is 2. The number of hydrogen-bond donors (Lipinski definition) is 1. The minimum Gasteiger partial charge on any atom is -0.326 e. The van der Waals surface area contributed by atoms with Gasteiger partial charge in [-0.15, -0.1) is 0 Å². The number of sulfonamides is 1. The second kappa shape index (κ2) is 9.08. The van der Waals surface area contributed by atoms with Crippen molar-refractivity contribution in [1.29, 1.82) is 0 Å². The summed E-state index contributed by atoms with van der Waals surface area (Å²) in [6, 6.07) is 10.3. The van der Waals surface area contributed by atoms with Crippen molar-refractivity contribution in [2.24, 2.45) is 5.92 Å². The summed E-state index contributed by atoms with van der Waals surface area (Å²) in [5.74, 6) is -0.432. The Hall–Kier alpha value is -2.42. The van der Waals surface area contributed by atoms with E-state index in [1.807, 2.05) is 13.8 Å². The lowest BCUT2D eigenvalue weighted by atomic mass is 9.97. The molecular weight excluding hydrogens is 462 g/mol. The van der Waals surface area contributed by atoms with Crippen molar-refractivity contribution in [1.82, 2.24) is 4.31 Å². The Labute approximate surface area is 199 Å². The van der Waals surface area contributed by atoms with Gasteiger partial charge in [-0.25, -0.2) is 8.42 Å². The highest BCUT2D eigenvalue weighted by Gasteiger charge is 2.34. The summed E-state index contributed by atoms with van der Waals surface area (Å²) in [5.41, 5.74) is 3.13. The van der Waals surface area contributed by atoms with Gasteiger partial charge < -0.3 is 10.2 Å². The zero-order valence-corrected chi connectivity index (χ0v) is 20.5. The van der Waals surface area contributed by atoms with Crippen molar-refractivity contribution in [3.8, 4) is 0 Å². The monoisotopic (exact) mass is 489 g/mol. The SMILES string of the molecule is CC(=O)N1c2ccc(S(=O)(=O)N3CCC(C(=O)Nc4cccc(Cl)c4C)CC3)cc2C[C@@H]1C. The molecule has 1 atom stereocenters. The Morgan fingerprint density at radius 1 is 1.12 bits per heavy atom. The van der Waals surface area contributed by atoms with Crippen molar-refractivity contribution in [2.75, 3.05) is 23.3 Å². The summed E-state index contributed by atoms with van der Waals surface area (Å²) in [5, 5.41) is 3.51. The van der Waals surface area contributed by atoms with Crippen LogP contribution in [0, 0.1) is 12.8 Å². The number of rotatable bonds is 4. The van der Waals surface area contributed by atoms with Crippen LogP contribution in [0.5, 0.6) is 0 Å². The summed E-state index contributed by atoms with van der Waals surface area (Å²) in [4.78, 5) is 26.6. The van der Waals surface area contributed by atoms with Gasteiger partial charge in [-0.05, 0) is 74.6 Å². The van der Waals surface area contributed by atoms with E-state index in [0.717, 1.165) is 16.8 Å². The molecule has 2 aliphatic heterocycles. The van der Waals surface area contributed by atoms with Gasteiger partial charge in [-0.1, -0.05) is 17.7 Å². The van der Waals surface area contributed by atoms with Crippen LogP contribution in [-0.4, -0.2) is 43.7 Å². The van der Waals surface area contributed by atoms with E-state index in [-0.39, 0.29) is 41.8 Å². The van der Waals surface area contributed by atoms with Gasteiger partial charge in [-0.2, -0.15) is 4.31 Å². The predicted molar refractivity (Wildman–Crippen MR) is 129 cm³/mol. The maximum atomic E-state index is 13.3. The fourth-order valence-corrected chi connectivity index (χ4v) is 6.43. The number of nitrogens with zero attached hydrogens (tertiary/aromatic N) is 2. The van der Waals surface area contributed by atoms with Crippen LogP contribution in [0.15, 0.2) is 41.3 Å². The standard InChI is InChI=1S/C24H28ClN3O4S/c1-15-13-19-14-20(7-8-23(19)28(15)17(3)29)33(31,32)27-11-9-18(10-12-27)24(30)26-22-6-4-5-21(25)16(22)2/h4-8,14-15,18H,9-13H2,1-3H3,(H,26,30)/t15-/m0/s1. The highest BCUT2D eigenvalue weighted by Crippen LogP contribution is 2.35. The Bertz CT molecular complexity index is 1210. The molecule has 4 rings (SSSR count). The number of halogens is 1. The predicted octanol–water partition coefficient (Wildman–Crippen LogP) is 3.99. The smallest absolute Gasteiger partial charge is 0.243 e. The van der Waals surface area contributed by atoms with E-state index in [9.17, 15) is 18.0 Å². The normalized spacial score (nSPS) is 19.4. The molecule has 0 aromatic heterocycles. The third kappa shape index (κ3) is 4.52. The Morgan fingerprint density at radius 3 is 2.48 bits per heavy atom. The molecule has 1 N–H and O–H groups in total. The van der Waals surface area contributed by atoms with Crippen LogP contribution in [-0.2, 0) is 26.0 Å². The summed E-state index contributed by atoms with van der Waals surface area (Å²) in [7, 11) is -3.68. The number of hydrogen-bond acceptors (Lipinski definition) is 4. The number of carbonyl (C=O) groups is 2. The highest BCUT2D eigenvalue weighted by atomic mass is 35.5. The molecule has 0 unspecified atom stereocenters. The van der Waals surface area contributed by atoms with Crippen molar-refractivity contribution in [2.45, 2.75) is 51.0 Å². The second-order valence-electron chi connectivity index (χ2n) is 8.81. The van der Waals surface area contributed by atoms with Crippen molar-refractivity contribution in [3.05, 3.63) is 52.5 Å². The average Bonchev–Trinajstić information content (AvgIpc) is 3.12. The van der Waals surface area contributed by atoms with Gasteiger partial charge >= 0.3 is 0 Å². The molecule has 1 saturated heterocycles. The van der Waals surface area contributed by atoms with Gasteiger partial charge in [0.1, 0.15) is 0 Å². The zero-order chi connectivity index (χ0) is 23.9. The van der Waals surface area contributed by atoms with Gasteiger partial charge in [0.15, 0.2) is 0 Å². The fraction of sp³-hybridized carbons (Fsp3) is 0.417. The summed E-state index contributed by atoms with van der Waals surface area (Å²) >= 11 is 6.13. The van der Waals surface area contributed by atoms with E-state index in [1.54, 1.807) is 41.3 Å². The molecule has 0 bridgehead atoms. The molecule has 0 spiro atoms. The molecule has 7 nitrogen and oxygen atoms in total. The van der Waals surface area contributed by atoms with E-state index < -0.39 is 10.0 Å². The van der Waals surface area contributed by atoms with Gasteiger partial charge in [0, 0.05) is 48.4 Å². The first-order chi connectivity index (χ1) is 15.6. The molecule has 1 fully saturated rings. The van der Waals surface area contributed by atoms with Crippen LogP contribution in [0.3, 0.4) is 0 Å². The van der Waals surface area contributed by atoms with E-state index >= 15 is 0 Å². The fourth-order valence-electron chi connectivity index (χ4n) is 4.73. The maximum Gasteiger partial charge on any atom is 0.243 e. The van der Waals surface area contributed by atoms with Crippen LogP contribution in [0.4, 0.5) is 11.4 Å². The number of anilines is 2. The number of amides is 2. The molecule has 0 saturated carbocycles. The van der Waals surface area contributed by atoms with E-state index in [1.165, 1.54) is 11.2 Å². The van der Waals surface area contributed by atoms with Crippen LogP contribution < -0.4 is 10.2 Å². The lowest BCUT2D eigenvalue weighted by Crippen LogP contribution is -2.41. The molecule has 2 amide bonds. The highest BCUT2D eigenvalue weighted by molar-refractivity contribution is 7.89. The molecule has 2 aromatic rings. The van der Waals surface area contributed by atoms with E-state index in [2.05, 4.69) is 5.32 Å². The summed E-state index contributed by atoms with van der Waals surface area (Å²) < 4.78 is 28.0. The molecule has 0 radical (unpaired) electrons. The number of fused-ring (bicyclic) bond motifs is 1. The largest absolute Gasteiger partial charge is 0.326 e. The first-order valence-electron chi connectivity index (χ1n) is 11.1. The lowest BCUT2D eigenvalue weighted by molar-refractivity contribution is -0.121. The maximum absolute atomic E-state index is 13.3. The molecule has 33 heavy (non-hydrogen) atoms. The van der Waals surface area contributed by atoms with Crippen molar-refractivity contribution in [3.63, 3.8) is 0 Å². The molecule has 9 heteroatoms. The zero-order valence-electron chi connectivity index (χ0n) is 19.0. The summed E-state index contributed by atoms with van der Waals surface area (Å²) in [6.07, 6.45) is 1.53.